The van der Waals surface area contributed by atoms with E-state index in [9.17, 15) is 8.42 Å². The normalized spacial score (nSPS) is 11.4. The zero-order valence-corrected chi connectivity index (χ0v) is 7.69. The summed E-state index contributed by atoms with van der Waals surface area (Å²) < 4.78 is 27.6. The Morgan fingerprint density at radius 1 is 1.14 bits per heavy atom. The minimum atomic E-state index is -3.65. The van der Waals surface area contributed by atoms with E-state index in [1.54, 1.807) is 0 Å². The molecular weight excluding hydrogens is 288 g/mol. The molecule has 0 aliphatic heterocycles. The summed E-state index contributed by atoms with van der Waals surface area (Å²) in [7, 11) is -3.65. The van der Waals surface area contributed by atoms with E-state index >= 15 is 0 Å². The first-order valence-electron chi connectivity index (χ1n) is 1.00. The molecule has 0 radical (unpaired) electrons. The van der Waals surface area contributed by atoms with Crippen molar-refractivity contribution < 1.29 is 54.5 Å². The fourth-order valence-electron chi connectivity index (χ4n) is 0.0113. The van der Waals surface area contributed by atoms with Crippen molar-refractivity contribution in [3.05, 3.63) is 0 Å². The SMILES string of the molecule is O=S(=O)([O][Mo])[O][Mo]. The molecule has 0 spiro atoms. The standard InChI is InChI=1S/2Mo.H2O4S/c;;1-5(2,3)4/h;;(H2,1,2,3,4)/q2*+1;/p-2. The summed E-state index contributed by atoms with van der Waals surface area (Å²) in [6.07, 6.45) is 0. The van der Waals surface area contributed by atoms with Gasteiger partial charge in [-0.15, -0.1) is 0 Å². The van der Waals surface area contributed by atoms with Gasteiger partial charge in [0.25, 0.3) is 0 Å². The van der Waals surface area contributed by atoms with Gasteiger partial charge < -0.3 is 0 Å². The van der Waals surface area contributed by atoms with Crippen molar-refractivity contribution >= 4 is 10.4 Å². The average Bonchev–Trinajstić information content (AvgIpc) is 1.68. The second kappa shape index (κ2) is 3.31. The van der Waals surface area contributed by atoms with E-state index in [2.05, 4.69) is 5.67 Å². The Labute approximate surface area is 64.6 Å². The van der Waals surface area contributed by atoms with Crippen molar-refractivity contribution in [1.29, 1.82) is 0 Å². The van der Waals surface area contributed by atoms with Crippen LogP contribution in [0.2, 0.25) is 0 Å². The van der Waals surface area contributed by atoms with Gasteiger partial charge in [0.15, 0.2) is 0 Å². The predicted octanol–water partition coefficient (Wildman–Crippen LogP) is -0.812. The third kappa shape index (κ3) is 3.80. The van der Waals surface area contributed by atoms with E-state index in [4.69, 9.17) is 0 Å². The zero-order chi connectivity index (χ0) is 5.91. The van der Waals surface area contributed by atoms with Crippen LogP contribution in [0.1, 0.15) is 0 Å². The summed E-state index contributed by atoms with van der Waals surface area (Å²) in [6.45, 7) is 0. The van der Waals surface area contributed by atoms with Gasteiger partial charge in [0.2, 0.25) is 0 Å². The molecule has 0 aromatic heterocycles. The first kappa shape index (κ1) is 8.25. The number of rotatable bonds is 2. The van der Waals surface area contributed by atoms with Crippen molar-refractivity contribution in [2.45, 2.75) is 0 Å². The molecule has 0 amide bonds. The summed E-state index contributed by atoms with van der Waals surface area (Å²) in [5.41, 5.74) is 0. The van der Waals surface area contributed by atoms with E-state index < -0.39 is 10.4 Å². The summed E-state index contributed by atoms with van der Waals surface area (Å²) in [5.74, 6) is 0. The molecule has 0 fully saturated rings. The van der Waals surface area contributed by atoms with Crippen LogP contribution in [0.5, 0.6) is 0 Å². The molecule has 0 bridgehead atoms. The van der Waals surface area contributed by atoms with Crippen LogP contribution in [0.4, 0.5) is 0 Å². The summed E-state index contributed by atoms with van der Waals surface area (Å²) >= 11 is 1.93. The Balaban J connectivity index is 3.89. The van der Waals surface area contributed by atoms with Gasteiger partial charge in [-0.25, -0.2) is 0 Å². The molecule has 0 aliphatic carbocycles. The molecule has 7 heavy (non-hydrogen) atoms. The Hall–Kier alpha value is 1.25. The van der Waals surface area contributed by atoms with Gasteiger partial charge in [-0.1, -0.05) is 0 Å². The number of hydrogen-bond donors (Lipinski definition) is 0. The minimum absolute atomic E-state index is 0.965. The van der Waals surface area contributed by atoms with Crippen molar-refractivity contribution in [1.82, 2.24) is 0 Å². The average molecular weight is 288 g/mol. The van der Waals surface area contributed by atoms with Crippen molar-refractivity contribution in [3.8, 4) is 0 Å². The van der Waals surface area contributed by atoms with Crippen LogP contribution >= 0.6 is 0 Å². The van der Waals surface area contributed by atoms with Crippen LogP contribution in [0.3, 0.4) is 0 Å². The van der Waals surface area contributed by atoms with Gasteiger partial charge in [0.05, 0.1) is 0 Å². The maximum atomic E-state index is 9.93. The molecule has 0 aliphatic rings. The molecule has 42 valence electrons. The fraction of sp³-hybridized carbons (Fsp3) is 0. The van der Waals surface area contributed by atoms with Gasteiger partial charge in [0.1, 0.15) is 0 Å². The Morgan fingerprint density at radius 2 is 1.43 bits per heavy atom. The molecule has 7 heteroatoms. The van der Waals surface area contributed by atoms with E-state index in [0.29, 0.717) is 0 Å². The van der Waals surface area contributed by atoms with Crippen LogP contribution in [-0.4, -0.2) is 8.42 Å². The molecule has 4 nitrogen and oxygen atoms in total. The quantitative estimate of drug-likeness (QED) is 0.624. The van der Waals surface area contributed by atoms with Gasteiger partial charge in [-0.05, 0) is 0 Å². The van der Waals surface area contributed by atoms with Crippen LogP contribution in [0, 0.1) is 0 Å². The molecule has 0 atom stereocenters. The first-order chi connectivity index (χ1) is 3.12. The van der Waals surface area contributed by atoms with E-state index in [1.165, 1.54) is 0 Å². The molecule has 0 aromatic carbocycles. The second-order valence-corrected chi connectivity index (χ2v) is 3.64. The van der Waals surface area contributed by atoms with Crippen LogP contribution in [0.15, 0.2) is 0 Å². The molecular formula is Mo2O4S. The molecule has 0 saturated carbocycles. The van der Waals surface area contributed by atoms with Crippen molar-refractivity contribution in [2.24, 2.45) is 0 Å². The van der Waals surface area contributed by atoms with Crippen LogP contribution in [-0.2, 0) is 56.5 Å². The monoisotopic (exact) mass is 292 g/mol. The number of hydrogen-bond acceptors (Lipinski definition) is 4. The van der Waals surface area contributed by atoms with E-state index in [1.807, 2.05) is 0 Å². The topological polar surface area (TPSA) is 52.6 Å². The fourth-order valence-corrected chi connectivity index (χ4v) is 1.19. The first-order valence-corrected chi connectivity index (χ1v) is 3.97. The zero-order valence-electron chi connectivity index (χ0n) is 2.86. The van der Waals surface area contributed by atoms with E-state index in [0.717, 1.165) is 40.4 Å². The Bertz CT molecular complexity index is 113. The van der Waals surface area contributed by atoms with Crippen LogP contribution < -0.4 is 0 Å². The molecule has 0 unspecified atom stereocenters. The van der Waals surface area contributed by atoms with E-state index in [-0.39, 0.29) is 0 Å². The predicted molar refractivity (Wildman–Crippen MR) is 11.1 cm³/mol. The summed E-state index contributed by atoms with van der Waals surface area (Å²) in [6, 6.07) is 0. The van der Waals surface area contributed by atoms with Crippen molar-refractivity contribution in [3.63, 3.8) is 0 Å². The summed E-state index contributed by atoms with van der Waals surface area (Å²) in [5, 5.41) is 0. The molecule has 0 heterocycles. The van der Waals surface area contributed by atoms with Gasteiger partial charge in [0, 0.05) is 0 Å². The van der Waals surface area contributed by atoms with Gasteiger partial charge >= 0.3 is 64.9 Å². The Kier molecular flexibility index (Phi) is 3.90. The van der Waals surface area contributed by atoms with Crippen LogP contribution in [0.25, 0.3) is 0 Å². The van der Waals surface area contributed by atoms with Gasteiger partial charge in [-0.2, -0.15) is 0 Å². The molecule has 0 aromatic rings. The second-order valence-electron chi connectivity index (χ2n) is 0.544. The maximum absolute atomic E-state index is 9.93. The third-order valence-corrected chi connectivity index (χ3v) is 2.96. The molecule has 0 saturated heterocycles. The van der Waals surface area contributed by atoms with Gasteiger partial charge in [-0.3, -0.25) is 0 Å². The summed E-state index contributed by atoms with van der Waals surface area (Å²) in [4.78, 5) is 0. The van der Waals surface area contributed by atoms with Crippen molar-refractivity contribution in [2.75, 3.05) is 0 Å². The third-order valence-electron chi connectivity index (χ3n) is 0.167. The molecule has 0 N–H and O–H groups in total. The Morgan fingerprint density at radius 3 is 1.43 bits per heavy atom. The molecule has 0 rings (SSSR count).